The third kappa shape index (κ3) is 7.43. The molecule has 2 aromatic rings. The molecule has 0 radical (unpaired) electrons. The smallest absolute Gasteiger partial charge is 0.260 e. The summed E-state index contributed by atoms with van der Waals surface area (Å²) in [5.74, 6) is 1.19. The Balaban J connectivity index is 0.00000225. The number of anilines is 2. The number of aromatic nitrogens is 2. The van der Waals surface area contributed by atoms with E-state index < -0.39 is 0 Å². The van der Waals surface area contributed by atoms with E-state index in [9.17, 15) is 4.79 Å². The molecule has 1 saturated heterocycles. The Morgan fingerprint density at radius 2 is 1.80 bits per heavy atom. The lowest BCUT2D eigenvalue weighted by molar-refractivity contribution is 0.102. The third-order valence-corrected chi connectivity index (χ3v) is 5.44. The monoisotopic (exact) mass is 493 g/mol. The van der Waals surface area contributed by atoms with Crippen molar-refractivity contribution in [3.8, 4) is 0 Å². The number of amides is 1. The molecule has 1 amide bonds. The summed E-state index contributed by atoms with van der Waals surface area (Å²) >= 11 is 11.9. The van der Waals surface area contributed by atoms with Crippen LogP contribution in [-0.2, 0) is 0 Å². The van der Waals surface area contributed by atoms with Crippen LogP contribution in [0.5, 0.6) is 0 Å². The topological polar surface area (TPSA) is 70.2 Å². The van der Waals surface area contributed by atoms with Gasteiger partial charge in [-0.2, -0.15) is 0 Å². The SMILES string of the molecule is CC(C)N1CCC(CNc2ncc(Cl)cc2C(=O)Nc2ccc(Cl)cn2)CC1.Cl.Cl. The summed E-state index contributed by atoms with van der Waals surface area (Å²) in [4.78, 5) is 23.6. The number of rotatable bonds is 6. The van der Waals surface area contributed by atoms with Gasteiger partial charge in [0.1, 0.15) is 11.6 Å². The van der Waals surface area contributed by atoms with E-state index in [1.54, 1.807) is 24.4 Å². The number of halogens is 4. The number of nitrogens with one attached hydrogen (secondary N) is 2. The van der Waals surface area contributed by atoms with E-state index in [1.165, 1.54) is 6.20 Å². The molecule has 0 spiro atoms. The van der Waals surface area contributed by atoms with Gasteiger partial charge < -0.3 is 15.5 Å². The van der Waals surface area contributed by atoms with Crippen molar-refractivity contribution >= 4 is 65.6 Å². The quantitative estimate of drug-likeness (QED) is 0.561. The Morgan fingerprint density at radius 3 is 2.40 bits per heavy atom. The van der Waals surface area contributed by atoms with E-state index in [2.05, 4.69) is 39.3 Å². The molecule has 0 aliphatic carbocycles. The second-order valence-electron chi connectivity index (χ2n) is 7.32. The molecule has 1 aliphatic heterocycles. The van der Waals surface area contributed by atoms with Crippen molar-refractivity contribution in [2.45, 2.75) is 32.7 Å². The van der Waals surface area contributed by atoms with Gasteiger partial charge in [-0.1, -0.05) is 23.2 Å². The van der Waals surface area contributed by atoms with Crippen molar-refractivity contribution < 1.29 is 4.79 Å². The van der Waals surface area contributed by atoms with Crippen LogP contribution in [0.1, 0.15) is 37.0 Å². The summed E-state index contributed by atoms with van der Waals surface area (Å²) in [6.07, 6.45) is 5.29. The lowest BCUT2D eigenvalue weighted by Crippen LogP contribution is -2.40. The molecule has 3 rings (SSSR count). The minimum absolute atomic E-state index is 0. The average molecular weight is 495 g/mol. The fourth-order valence-corrected chi connectivity index (χ4v) is 3.57. The zero-order valence-corrected chi connectivity index (χ0v) is 20.0. The maximum atomic E-state index is 12.7. The van der Waals surface area contributed by atoms with Gasteiger partial charge in [0.05, 0.1) is 15.6 Å². The van der Waals surface area contributed by atoms with Crippen LogP contribution in [0.2, 0.25) is 10.0 Å². The highest BCUT2D eigenvalue weighted by molar-refractivity contribution is 6.31. The van der Waals surface area contributed by atoms with Gasteiger partial charge in [0.25, 0.3) is 5.91 Å². The molecule has 0 aromatic carbocycles. The van der Waals surface area contributed by atoms with Gasteiger partial charge in [0.2, 0.25) is 0 Å². The van der Waals surface area contributed by atoms with E-state index in [0.29, 0.717) is 39.2 Å². The predicted octanol–water partition coefficient (Wildman–Crippen LogP) is 5.41. The molecular weight excluding hydrogens is 468 g/mol. The van der Waals surface area contributed by atoms with E-state index >= 15 is 0 Å². The van der Waals surface area contributed by atoms with Gasteiger partial charge in [-0.3, -0.25) is 4.79 Å². The van der Waals surface area contributed by atoms with Gasteiger partial charge in [-0.15, -0.1) is 24.8 Å². The molecule has 166 valence electrons. The maximum absolute atomic E-state index is 12.7. The van der Waals surface area contributed by atoms with Crippen LogP contribution in [-0.4, -0.2) is 46.5 Å². The lowest BCUT2D eigenvalue weighted by atomic mass is 9.96. The molecule has 0 unspecified atom stereocenters. The van der Waals surface area contributed by atoms with Crippen LogP contribution >= 0.6 is 48.0 Å². The Morgan fingerprint density at radius 1 is 1.13 bits per heavy atom. The number of likely N-dealkylation sites (tertiary alicyclic amines) is 1. The maximum Gasteiger partial charge on any atom is 0.260 e. The zero-order chi connectivity index (χ0) is 20.1. The first-order chi connectivity index (χ1) is 13.4. The fourth-order valence-electron chi connectivity index (χ4n) is 3.30. The number of nitrogens with zero attached hydrogens (tertiary/aromatic N) is 3. The number of carbonyl (C=O) groups excluding carboxylic acids is 1. The molecule has 6 nitrogen and oxygen atoms in total. The Labute approximate surface area is 200 Å². The van der Waals surface area contributed by atoms with Gasteiger partial charge in [-0.25, -0.2) is 9.97 Å². The second-order valence-corrected chi connectivity index (χ2v) is 8.19. The molecule has 2 N–H and O–H groups in total. The largest absolute Gasteiger partial charge is 0.369 e. The van der Waals surface area contributed by atoms with E-state index in [4.69, 9.17) is 23.2 Å². The van der Waals surface area contributed by atoms with Crippen molar-refractivity contribution in [3.63, 3.8) is 0 Å². The van der Waals surface area contributed by atoms with E-state index in [1.807, 2.05) is 0 Å². The van der Waals surface area contributed by atoms with Crippen molar-refractivity contribution in [1.82, 2.24) is 14.9 Å². The second kappa shape index (κ2) is 12.5. The number of pyridine rings is 2. The van der Waals surface area contributed by atoms with Crippen LogP contribution in [0.4, 0.5) is 11.6 Å². The summed E-state index contributed by atoms with van der Waals surface area (Å²) in [5, 5.41) is 7.01. The number of carbonyl (C=O) groups is 1. The number of piperidine rings is 1. The highest BCUT2D eigenvalue weighted by Crippen LogP contribution is 2.23. The summed E-state index contributed by atoms with van der Waals surface area (Å²) in [7, 11) is 0. The first-order valence-electron chi connectivity index (χ1n) is 9.48. The Bertz CT molecular complexity index is 811. The minimum atomic E-state index is -0.318. The highest BCUT2D eigenvalue weighted by atomic mass is 35.5. The molecule has 30 heavy (non-hydrogen) atoms. The molecular formula is C20H27Cl4N5O. The van der Waals surface area contributed by atoms with Gasteiger partial charge in [0, 0.05) is 25.0 Å². The van der Waals surface area contributed by atoms with E-state index in [0.717, 1.165) is 32.5 Å². The number of hydrogen-bond donors (Lipinski definition) is 2. The van der Waals surface area contributed by atoms with Crippen molar-refractivity contribution in [2.75, 3.05) is 30.3 Å². The average Bonchev–Trinajstić information content (AvgIpc) is 2.69. The van der Waals surface area contributed by atoms with Crippen LogP contribution in [0.15, 0.2) is 30.6 Å². The molecule has 3 heterocycles. The zero-order valence-electron chi connectivity index (χ0n) is 16.9. The molecule has 0 saturated carbocycles. The molecule has 10 heteroatoms. The first kappa shape index (κ1) is 26.7. The highest BCUT2D eigenvalue weighted by Gasteiger charge is 2.22. The summed E-state index contributed by atoms with van der Waals surface area (Å²) in [6.45, 7) is 7.45. The minimum Gasteiger partial charge on any atom is -0.369 e. The lowest BCUT2D eigenvalue weighted by Gasteiger charge is -2.34. The standard InChI is InChI=1S/C20H25Cl2N5O.2ClH/c1-13(2)27-7-5-14(6-8-27)10-24-19-17(9-16(22)12-25-19)20(28)26-18-4-3-15(21)11-23-18;;/h3-4,9,11-14H,5-8,10H2,1-2H3,(H,24,25)(H,23,26,28);2*1H. The summed E-state index contributed by atoms with van der Waals surface area (Å²) in [5.41, 5.74) is 0.392. The van der Waals surface area contributed by atoms with Crippen molar-refractivity contribution in [2.24, 2.45) is 5.92 Å². The summed E-state index contributed by atoms with van der Waals surface area (Å²) < 4.78 is 0. The van der Waals surface area contributed by atoms with Crippen LogP contribution in [0.3, 0.4) is 0 Å². The van der Waals surface area contributed by atoms with Crippen molar-refractivity contribution in [1.29, 1.82) is 0 Å². The van der Waals surface area contributed by atoms with Crippen LogP contribution < -0.4 is 10.6 Å². The van der Waals surface area contributed by atoms with Crippen molar-refractivity contribution in [3.05, 3.63) is 46.2 Å². The normalized spacial score (nSPS) is 14.6. The fraction of sp³-hybridized carbons (Fsp3) is 0.450. The summed E-state index contributed by atoms with van der Waals surface area (Å²) in [6, 6.07) is 5.52. The Kier molecular flexibility index (Phi) is 11.2. The first-order valence-corrected chi connectivity index (χ1v) is 10.2. The van der Waals surface area contributed by atoms with Gasteiger partial charge >= 0.3 is 0 Å². The van der Waals surface area contributed by atoms with Gasteiger partial charge in [-0.05, 0) is 63.9 Å². The van der Waals surface area contributed by atoms with Crippen LogP contribution in [0.25, 0.3) is 0 Å². The predicted molar refractivity (Wildman–Crippen MR) is 129 cm³/mol. The molecule has 0 bridgehead atoms. The molecule has 0 atom stereocenters. The Hall–Kier alpha value is -1.31. The third-order valence-electron chi connectivity index (χ3n) is 5.01. The number of hydrogen-bond acceptors (Lipinski definition) is 5. The van der Waals surface area contributed by atoms with Crippen LogP contribution in [0, 0.1) is 5.92 Å². The van der Waals surface area contributed by atoms with E-state index in [-0.39, 0.29) is 30.7 Å². The molecule has 1 aliphatic rings. The molecule has 1 fully saturated rings. The van der Waals surface area contributed by atoms with Gasteiger partial charge in [0.15, 0.2) is 0 Å². The molecule has 2 aromatic heterocycles.